The zero-order valence-corrected chi connectivity index (χ0v) is 9.99. The molecule has 88 valence electrons. The molecule has 2 aliphatic rings. The Morgan fingerprint density at radius 1 is 1.47 bits per heavy atom. The van der Waals surface area contributed by atoms with Gasteiger partial charge in [0.25, 0.3) is 0 Å². The fourth-order valence-corrected chi connectivity index (χ4v) is 2.39. The van der Waals surface area contributed by atoms with Gasteiger partial charge >= 0.3 is 0 Å². The Morgan fingerprint density at radius 3 is 2.67 bits per heavy atom. The molecule has 4 unspecified atom stereocenters. The van der Waals surface area contributed by atoms with Gasteiger partial charge in [-0.05, 0) is 32.1 Å². The van der Waals surface area contributed by atoms with Crippen LogP contribution in [0.1, 0.15) is 40.0 Å². The van der Waals surface area contributed by atoms with Gasteiger partial charge in [0.05, 0.1) is 17.8 Å². The van der Waals surface area contributed by atoms with Crippen LogP contribution in [0.4, 0.5) is 0 Å². The van der Waals surface area contributed by atoms with Gasteiger partial charge in [0.1, 0.15) is 0 Å². The molecule has 0 aliphatic carbocycles. The highest BCUT2D eigenvalue weighted by Crippen LogP contribution is 2.34. The van der Waals surface area contributed by atoms with E-state index in [4.69, 9.17) is 4.74 Å². The molecular weight excluding hydrogens is 190 g/mol. The highest BCUT2D eigenvalue weighted by Gasteiger charge is 2.41. The lowest BCUT2D eigenvalue weighted by atomic mass is 9.90. The maximum atomic E-state index is 10.1. The van der Waals surface area contributed by atoms with Crippen LogP contribution in [0.5, 0.6) is 0 Å². The Balaban J connectivity index is 1.79. The minimum atomic E-state index is -0.609. The van der Waals surface area contributed by atoms with Gasteiger partial charge in [-0.15, -0.1) is 0 Å². The van der Waals surface area contributed by atoms with Gasteiger partial charge in [-0.2, -0.15) is 0 Å². The lowest BCUT2D eigenvalue weighted by Crippen LogP contribution is -2.48. The summed E-state index contributed by atoms with van der Waals surface area (Å²) in [6.45, 7) is 6.68. The van der Waals surface area contributed by atoms with Gasteiger partial charge in [0.15, 0.2) is 0 Å². The highest BCUT2D eigenvalue weighted by molar-refractivity contribution is 4.95. The van der Waals surface area contributed by atoms with Crippen molar-refractivity contribution < 1.29 is 9.84 Å². The van der Waals surface area contributed by atoms with E-state index in [0.29, 0.717) is 24.8 Å². The second-order valence-electron chi connectivity index (χ2n) is 5.61. The van der Waals surface area contributed by atoms with Crippen molar-refractivity contribution in [1.82, 2.24) is 5.32 Å². The van der Waals surface area contributed by atoms with Gasteiger partial charge in [-0.25, -0.2) is 0 Å². The molecule has 2 heterocycles. The Morgan fingerprint density at radius 2 is 2.20 bits per heavy atom. The van der Waals surface area contributed by atoms with Crippen LogP contribution in [-0.2, 0) is 4.74 Å². The number of ether oxygens (including phenoxy) is 1. The first-order valence-electron chi connectivity index (χ1n) is 6.10. The Kier molecular flexibility index (Phi) is 3.06. The zero-order chi connectivity index (χ0) is 11.1. The predicted molar refractivity (Wildman–Crippen MR) is 59.8 cm³/mol. The summed E-state index contributed by atoms with van der Waals surface area (Å²) in [6.07, 6.45) is 4.42. The Hall–Kier alpha value is -0.120. The Bertz CT molecular complexity index is 228. The normalized spacial score (nSPS) is 38.6. The van der Waals surface area contributed by atoms with Crippen LogP contribution in [0.2, 0.25) is 0 Å². The van der Waals surface area contributed by atoms with E-state index in [1.807, 2.05) is 6.92 Å². The summed E-state index contributed by atoms with van der Waals surface area (Å²) >= 11 is 0. The molecule has 3 heteroatoms. The lowest BCUT2D eigenvalue weighted by molar-refractivity contribution is 0.00910. The van der Waals surface area contributed by atoms with E-state index in [1.165, 1.54) is 12.8 Å². The van der Waals surface area contributed by atoms with Crippen molar-refractivity contribution in [1.29, 1.82) is 0 Å². The van der Waals surface area contributed by atoms with E-state index >= 15 is 0 Å². The van der Waals surface area contributed by atoms with Crippen molar-refractivity contribution in [2.45, 2.75) is 63.9 Å². The number of nitrogens with one attached hydrogen (secondary N) is 1. The van der Waals surface area contributed by atoms with Gasteiger partial charge in [-0.1, -0.05) is 13.8 Å². The predicted octanol–water partition coefficient (Wildman–Crippen LogP) is 1.30. The van der Waals surface area contributed by atoms with Crippen molar-refractivity contribution in [2.75, 3.05) is 6.54 Å². The molecule has 2 saturated heterocycles. The molecule has 0 aromatic heterocycles. The molecule has 2 fully saturated rings. The van der Waals surface area contributed by atoms with E-state index in [2.05, 4.69) is 19.2 Å². The van der Waals surface area contributed by atoms with E-state index in [-0.39, 0.29) is 5.92 Å². The first kappa shape index (κ1) is 11.4. The molecule has 2 N–H and O–H groups in total. The van der Waals surface area contributed by atoms with Crippen molar-refractivity contribution in [3.8, 4) is 0 Å². The number of aliphatic hydroxyl groups is 1. The van der Waals surface area contributed by atoms with Crippen LogP contribution < -0.4 is 5.32 Å². The summed E-state index contributed by atoms with van der Waals surface area (Å²) in [5, 5.41) is 13.6. The topological polar surface area (TPSA) is 41.5 Å². The first-order valence-corrected chi connectivity index (χ1v) is 6.10. The maximum Gasteiger partial charge on any atom is 0.0766 e. The molecular formula is C12H23NO2. The van der Waals surface area contributed by atoms with E-state index in [9.17, 15) is 5.11 Å². The van der Waals surface area contributed by atoms with Gasteiger partial charge in [-0.3, -0.25) is 0 Å². The van der Waals surface area contributed by atoms with Gasteiger partial charge in [0, 0.05) is 12.6 Å². The fraction of sp³-hybridized carbons (Fsp3) is 1.00. The van der Waals surface area contributed by atoms with Crippen molar-refractivity contribution in [3.63, 3.8) is 0 Å². The molecule has 0 saturated carbocycles. The summed E-state index contributed by atoms with van der Waals surface area (Å²) in [7, 11) is 0. The summed E-state index contributed by atoms with van der Waals surface area (Å²) < 4.78 is 5.77. The molecule has 0 radical (unpaired) electrons. The smallest absolute Gasteiger partial charge is 0.0766 e. The van der Waals surface area contributed by atoms with Gasteiger partial charge < -0.3 is 15.2 Å². The first-order chi connectivity index (χ1) is 6.99. The summed E-state index contributed by atoms with van der Waals surface area (Å²) in [5.41, 5.74) is -0.609. The molecule has 0 aromatic rings. The highest BCUT2D eigenvalue weighted by atomic mass is 16.5. The van der Waals surface area contributed by atoms with Crippen molar-refractivity contribution >= 4 is 0 Å². The van der Waals surface area contributed by atoms with Crippen LogP contribution in [0.25, 0.3) is 0 Å². The average Bonchev–Trinajstić information content (AvgIpc) is 2.75. The number of fused-ring (bicyclic) bond motifs is 2. The molecule has 15 heavy (non-hydrogen) atoms. The molecule has 2 rings (SSSR count). The van der Waals surface area contributed by atoms with Crippen LogP contribution >= 0.6 is 0 Å². The van der Waals surface area contributed by atoms with E-state index in [1.54, 1.807) is 0 Å². The number of hydrogen-bond donors (Lipinski definition) is 2. The summed E-state index contributed by atoms with van der Waals surface area (Å²) in [4.78, 5) is 0. The molecule has 2 bridgehead atoms. The monoisotopic (exact) mass is 213 g/mol. The van der Waals surface area contributed by atoms with Crippen molar-refractivity contribution in [2.24, 2.45) is 5.92 Å². The quantitative estimate of drug-likeness (QED) is 0.739. The molecule has 2 aliphatic heterocycles. The standard InChI is InChI=1S/C12H23NO2/c1-8(2)12(3,14)7-13-10-6-9-4-5-11(10)15-9/h8-11,13-14H,4-7H2,1-3H3. The van der Waals surface area contributed by atoms with E-state index < -0.39 is 5.60 Å². The number of hydrogen-bond acceptors (Lipinski definition) is 3. The lowest BCUT2D eigenvalue weighted by Gasteiger charge is -2.31. The molecule has 0 aromatic carbocycles. The third kappa shape index (κ3) is 2.35. The summed E-state index contributed by atoms with van der Waals surface area (Å²) in [5.74, 6) is 0.282. The second-order valence-corrected chi connectivity index (χ2v) is 5.61. The second kappa shape index (κ2) is 4.04. The van der Waals surface area contributed by atoms with Crippen LogP contribution in [-0.4, -0.2) is 35.5 Å². The van der Waals surface area contributed by atoms with E-state index in [0.717, 1.165) is 6.42 Å². The molecule has 4 atom stereocenters. The minimum Gasteiger partial charge on any atom is -0.389 e. The zero-order valence-electron chi connectivity index (χ0n) is 9.99. The fourth-order valence-electron chi connectivity index (χ4n) is 2.39. The third-order valence-corrected chi connectivity index (χ3v) is 4.07. The van der Waals surface area contributed by atoms with Gasteiger partial charge in [0.2, 0.25) is 0 Å². The molecule has 0 amide bonds. The van der Waals surface area contributed by atoms with Crippen LogP contribution in [0, 0.1) is 5.92 Å². The van der Waals surface area contributed by atoms with Crippen molar-refractivity contribution in [3.05, 3.63) is 0 Å². The Labute approximate surface area is 92.2 Å². The minimum absolute atomic E-state index is 0.282. The average molecular weight is 213 g/mol. The summed E-state index contributed by atoms with van der Waals surface area (Å²) in [6, 6.07) is 0.467. The largest absolute Gasteiger partial charge is 0.389 e. The third-order valence-electron chi connectivity index (χ3n) is 4.07. The molecule has 3 nitrogen and oxygen atoms in total. The molecule has 0 spiro atoms. The SMILES string of the molecule is CC(C)C(C)(O)CNC1CC2CCC1O2. The maximum absolute atomic E-state index is 10.1. The number of rotatable bonds is 4. The van der Waals surface area contributed by atoms with Crippen LogP contribution in [0.15, 0.2) is 0 Å². The van der Waals surface area contributed by atoms with Crippen LogP contribution in [0.3, 0.4) is 0 Å².